The molecule has 19 heavy (non-hydrogen) atoms. The Labute approximate surface area is 109 Å². The summed E-state index contributed by atoms with van der Waals surface area (Å²) in [6, 6.07) is 3.72. The highest BCUT2D eigenvalue weighted by Crippen LogP contribution is 2.24. The van der Waals surface area contributed by atoms with E-state index in [2.05, 4.69) is 4.74 Å². The standard InChI is InChI=1S/C12H13NO6/c1-8(14)10-7-9(13(16)17)3-4-11(10)19-6-5-12(15)18-2/h3-4,7H,5-6H2,1-2H3. The van der Waals surface area contributed by atoms with E-state index in [1.54, 1.807) is 0 Å². The third-order valence-electron chi connectivity index (χ3n) is 2.34. The molecule has 7 nitrogen and oxygen atoms in total. The van der Waals surface area contributed by atoms with E-state index < -0.39 is 10.9 Å². The van der Waals surface area contributed by atoms with Gasteiger partial charge in [-0.3, -0.25) is 19.7 Å². The zero-order valence-electron chi connectivity index (χ0n) is 10.5. The minimum absolute atomic E-state index is 0.0325. The molecular formula is C12H13NO6. The first-order chi connectivity index (χ1) is 8.95. The maximum absolute atomic E-state index is 11.4. The van der Waals surface area contributed by atoms with E-state index in [0.717, 1.165) is 6.07 Å². The monoisotopic (exact) mass is 267 g/mol. The number of nitrogens with zero attached hydrogens (tertiary/aromatic N) is 1. The first-order valence-corrected chi connectivity index (χ1v) is 5.44. The normalized spacial score (nSPS) is 9.79. The number of non-ortho nitro benzene ring substituents is 1. The summed E-state index contributed by atoms with van der Waals surface area (Å²) < 4.78 is 9.70. The highest BCUT2D eigenvalue weighted by molar-refractivity contribution is 5.97. The van der Waals surface area contributed by atoms with Crippen LogP contribution in [-0.4, -0.2) is 30.4 Å². The average Bonchev–Trinajstić information content (AvgIpc) is 2.38. The summed E-state index contributed by atoms with van der Waals surface area (Å²) in [5.41, 5.74) is -0.0791. The van der Waals surface area contributed by atoms with Crippen LogP contribution in [0.1, 0.15) is 23.7 Å². The van der Waals surface area contributed by atoms with Crippen molar-refractivity contribution in [2.75, 3.05) is 13.7 Å². The van der Waals surface area contributed by atoms with E-state index in [1.807, 2.05) is 0 Å². The van der Waals surface area contributed by atoms with Crippen LogP contribution in [-0.2, 0) is 9.53 Å². The second kappa shape index (κ2) is 6.48. The zero-order chi connectivity index (χ0) is 14.4. The fourth-order valence-electron chi connectivity index (χ4n) is 1.38. The van der Waals surface area contributed by atoms with Gasteiger partial charge in [-0.2, -0.15) is 0 Å². The second-order valence-corrected chi connectivity index (χ2v) is 3.67. The molecule has 0 aliphatic heterocycles. The van der Waals surface area contributed by atoms with Gasteiger partial charge in [0.2, 0.25) is 0 Å². The Morgan fingerprint density at radius 1 is 1.37 bits per heavy atom. The summed E-state index contributed by atoms with van der Waals surface area (Å²) in [5, 5.41) is 10.6. The Kier molecular flexibility index (Phi) is 4.99. The number of ether oxygens (including phenoxy) is 2. The molecule has 7 heteroatoms. The van der Waals surface area contributed by atoms with Crippen LogP contribution < -0.4 is 4.74 Å². The molecule has 0 saturated carbocycles. The lowest BCUT2D eigenvalue weighted by Gasteiger charge is -2.08. The van der Waals surface area contributed by atoms with Crippen LogP contribution in [0.4, 0.5) is 5.69 Å². The topological polar surface area (TPSA) is 95.7 Å². The van der Waals surface area contributed by atoms with Gasteiger partial charge in [0.1, 0.15) is 5.75 Å². The van der Waals surface area contributed by atoms with Gasteiger partial charge in [-0.15, -0.1) is 0 Å². The van der Waals surface area contributed by atoms with Crippen molar-refractivity contribution >= 4 is 17.4 Å². The maximum Gasteiger partial charge on any atom is 0.308 e. The second-order valence-electron chi connectivity index (χ2n) is 3.67. The van der Waals surface area contributed by atoms with Crippen LogP contribution in [0.15, 0.2) is 18.2 Å². The van der Waals surface area contributed by atoms with E-state index >= 15 is 0 Å². The third-order valence-corrected chi connectivity index (χ3v) is 2.34. The maximum atomic E-state index is 11.4. The minimum Gasteiger partial charge on any atom is -0.492 e. The number of carbonyl (C=O) groups is 2. The number of nitro benzene ring substituents is 1. The Bertz CT molecular complexity index is 511. The number of benzene rings is 1. The van der Waals surface area contributed by atoms with Gasteiger partial charge in [0.25, 0.3) is 5.69 Å². The fourth-order valence-corrected chi connectivity index (χ4v) is 1.38. The first-order valence-electron chi connectivity index (χ1n) is 5.44. The van der Waals surface area contributed by atoms with Crippen LogP contribution in [0.2, 0.25) is 0 Å². The predicted octanol–water partition coefficient (Wildman–Crippen LogP) is 1.74. The van der Waals surface area contributed by atoms with Crippen molar-refractivity contribution in [1.29, 1.82) is 0 Å². The van der Waals surface area contributed by atoms with E-state index in [9.17, 15) is 19.7 Å². The number of carbonyl (C=O) groups excluding carboxylic acids is 2. The van der Waals surface area contributed by atoms with Crippen LogP contribution in [0, 0.1) is 10.1 Å². The molecule has 0 saturated heterocycles. The van der Waals surface area contributed by atoms with Crippen molar-refractivity contribution in [3.8, 4) is 5.75 Å². The molecule has 102 valence electrons. The molecule has 0 radical (unpaired) electrons. The fraction of sp³-hybridized carbons (Fsp3) is 0.333. The van der Waals surface area contributed by atoms with Gasteiger partial charge in [-0.1, -0.05) is 0 Å². The lowest BCUT2D eigenvalue weighted by atomic mass is 10.1. The lowest BCUT2D eigenvalue weighted by molar-refractivity contribution is -0.384. The molecular weight excluding hydrogens is 254 g/mol. The van der Waals surface area contributed by atoms with E-state index in [-0.39, 0.29) is 35.8 Å². The predicted molar refractivity (Wildman–Crippen MR) is 65.2 cm³/mol. The highest BCUT2D eigenvalue weighted by Gasteiger charge is 2.15. The first kappa shape index (κ1) is 14.6. The largest absolute Gasteiger partial charge is 0.492 e. The van der Waals surface area contributed by atoms with Gasteiger partial charge in [-0.05, 0) is 13.0 Å². The molecule has 0 aliphatic carbocycles. The van der Waals surface area contributed by atoms with E-state index in [4.69, 9.17) is 4.74 Å². The number of rotatable bonds is 6. The molecule has 0 spiro atoms. The van der Waals surface area contributed by atoms with Crippen molar-refractivity contribution in [2.24, 2.45) is 0 Å². The van der Waals surface area contributed by atoms with Crippen molar-refractivity contribution < 1.29 is 24.0 Å². The van der Waals surface area contributed by atoms with Crippen LogP contribution in [0.25, 0.3) is 0 Å². The van der Waals surface area contributed by atoms with E-state index in [0.29, 0.717) is 0 Å². The number of hydrogen-bond donors (Lipinski definition) is 0. The third kappa shape index (κ3) is 4.06. The average molecular weight is 267 g/mol. The minimum atomic E-state index is -0.593. The molecule has 0 aliphatic rings. The Hall–Kier alpha value is -2.44. The van der Waals surface area contributed by atoms with Crippen LogP contribution in [0.3, 0.4) is 0 Å². The number of hydrogen-bond acceptors (Lipinski definition) is 6. The van der Waals surface area contributed by atoms with Gasteiger partial charge >= 0.3 is 5.97 Å². The smallest absolute Gasteiger partial charge is 0.308 e. The summed E-state index contributed by atoms with van der Waals surface area (Å²) in [7, 11) is 1.26. The summed E-state index contributed by atoms with van der Waals surface area (Å²) in [5.74, 6) is -0.579. The van der Waals surface area contributed by atoms with Crippen molar-refractivity contribution in [3.05, 3.63) is 33.9 Å². The SMILES string of the molecule is COC(=O)CCOc1ccc([N+](=O)[O-])cc1C(C)=O. The molecule has 0 bridgehead atoms. The van der Waals surface area contributed by atoms with Gasteiger partial charge in [0.15, 0.2) is 5.78 Å². The van der Waals surface area contributed by atoms with Crippen molar-refractivity contribution in [1.82, 2.24) is 0 Å². The van der Waals surface area contributed by atoms with Gasteiger partial charge in [0, 0.05) is 12.1 Å². The van der Waals surface area contributed by atoms with Crippen LogP contribution >= 0.6 is 0 Å². The molecule has 1 aromatic carbocycles. The lowest BCUT2D eigenvalue weighted by Crippen LogP contribution is -2.09. The quantitative estimate of drug-likeness (QED) is 0.337. The molecule has 0 N–H and O–H groups in total. The Morgan fingerprint density at radius 2 is 2.05 bits per heavy atom. The summed E-state index contributed by atoms with van der Waals surface area (Å²) in [4.78, 5) is 32.3. The van der Waals surface area contributed by atoms with Gasteiger partial charge in [0.05, 0.1) is 30.6 Å². The number of ketones is 1. The molecule has 0 aromatic heterocycles. The Balaban J connectivity index is 2.85. The highest BCUT2D eigenvalue weighted by atomic mass is 16.6. The summed E-state index contributed by atoms with van der Waals surface area (Å²) in [6.45, 7) is 1.32. The number of nitro groups is 1. The molecule has 1 rings (SSSR count). The molecule has 0 fully saturated rings. The molecule has 1 aromatic rings. The number of methoxy groups -OCH3 is 1. The van der Waals surface area contributed by atoms with Crippen molar-refractivity contribution in [2.45, 2.75) is 13.3 Å². The van der Waals surface area contributed by atoms with Gasteiger partial charge < -0.3 is 9.47 Å². The van der Waals surface area contributed by atoms with Gasteiger partial charge in [-0.25, -0.2) is 0 Å². The molecule has 0 heterocycles. The van der Waals surface area contributed by atoms with Crippen molar-refractivity contribution in [3.63, 3.8) is 0 Å². The zero-order valence-corrected chi connectivity index (χ0v) is 10.5. The molecule has 0 unspecified atom stereocenters. The number of esters is 1. The van der Waals surface area contributed by atoms with E-state index in [1.165, 1.54) is 26.2 Å². The summed E-state index contributed by atoms with van der Waals surface area (Å²) >= 11 is 0. The molecule has 0 atom stereocenters. The molecule has 0 amide bonds. The Morgan fingerprint density at radius 3 is 2.58 bits per heavy atom. The summed E-state index contributed by atoms with van der Waals surface area (Å²) in [6.07, 6.45) is 0.0326. The van der Waals surface area contributed by atoms with Crippen LogP contribution in [0.5, 0.6) is 5.75 Å². The number of Topliss-reactive ketones (excluding diaryl/α,β-unsaturated/α-hetero) is 1.